The summed E-state index contributed by atoms with van der Waals surface area (Å²) in [7, 11) is 0. The third kappa shape index (κ3) is 3.50. The molecule has 4 nitrogen and oxygen atoms in total. The number of hydrogen-bond donors (Lipinski definition) is 0. The number of halogens is 1. The number of benzene rings is 2. The van der Waals surface area contributed by atoms with Gasteiger partial charge in [0.2, 0.25) is 0 Å². The number of hydrogen-bond acceptors (Lipinski definition) is 4. The standard InChI is InChI=1S/C22H19ClN2O2S2/c1-3-13(2)25-21(27)19(29-22(25)28)18-16-6-4-5-7-17(16)24(20(18)26)12-14-8-10-15(23)11-9-14/h4-11,13H,3,12H2,1-2H3/b19-18+. The van der Waals surface area contributed by atoms with Gasteiger partial charge in [0.05, 0.1) is 22.7 Å². The van der Waals surface area contributed by atoms with E-state index in [2.05, 4.69) is 0 Å². The third-order valence-electron chi connectivity index (χ3n) is 5.23. The smallest absolute Gasteiger partial charge is 0.267 e. The van der Waals surface area contributed by atoms with Gasteiger partial charge in [-0.25, -0.2) is 0 Å². The maximum absolute atomic E-state index is 13.4. The SMILES string of the molecule is CCC(C)N1C(=O)/C(=C2\C(=O)N(Cc3ccc(Cl)cc3)c3ccccc32)SC1=S. The molecule has 148 valence electrons. The van der Waals surface area contributed by atoms with Crippen molar-refractivity contribution in [3.63, 3.8) is 0 Å². The molecule has 2 aliphatic heterocycles. The molecule has 29 heavy (non-hydrogen) atoms. The van der Waals surface area contributed by atoms with Gasteiger partial charge in [0.1, 0.15) is 4.32 Å². The van der Waals surface area contributed by atoms with E-state index in [-0.39, 0.29) is 17.9 Å². The maximum Gasteiger partial charge on any atom is 0.267 e. The van der Waals surface area contributed by atoms with Crippen molar-refractivity contribution in [1.29, 1.82) is 0 Å². The van der Waals surface area contributed by atoms with E-state index < -0.39 is 0 Å². The van der Waals surface area contributed by atoms with Crippen molar-refractivity contribution in [3.05, 3.63) is 69.6 Å². The van der Waals surface area contributed by atoms with Gasteiger partial charge in [0.25, 0.3) is 11.8 Å². The molecule has 1 atom stereocenters. The second-order valence-electron chi connectivity index (χ2n) is 7.04. The first kappa shape index (κ1) is 20.1. The lowest BCUT2D eigenvalue weighted by atomic mass is 10.1. The molecule has 2 aromatic rings. The van der Waals surface area contributed by atoms with E-state index in [1.165, 1.54) is 11.8 Å². The highest BCUT2D eigenvalue weighted by Gasteiger charge is 2.42. The lowest BCUT2D eigenvalue weighted by molar-refractivity contribution is -0.123. The summed E-state index contributed by atoms with van der Waals surface area (Å²) in [5.74, 6) is -0.355. The van der Waals surface area contributed by atoms with Crippen LogP contribution in [0.3, 0.4) is 0 Å². The molecule has 2 aliphatic rings. The van der Waals surface area contributed by atoms with Crippen LogP contribution in [0.5, 0.6) is 0 Å². The molecular formula is C22H19ClN2O2S2. The van der Waals surface area contributed by atoms with Crippen LogP contribution in [0.25, 0.3) is 5.57 Å². The fourth-order valence-electron chi connectivity index (χ4n) is 3.52. The summed E-state index contributed by atoms with van der Waals surface area (Å²) >= 11 is 12.7. The van der Waals surface area contributed by atoms with Crippen molar-refractivity contribution >= 4 is 63.0 Å². The minimum Gasteiger partial charge on any atom is -0.303 e. The van der Waals surface area contributed by atoms with Gasteiger partial charge < -0.3 is 4.90 Å². The number of carbonyl (C=O) groups is 2. The molecule has 0 N–H and O–H groups in total. The summed E-state index contributed by atoms with van der Waals surface area (Å²) in [6.07, 6.45) is 0.794. The Kier molecular flexibility index (Phi) is 5.51. The molecule has 2 aromatic carbocycles. The Morgan fingerprint density at radius 1 is 1.07 bits per heavy atom. The zero-order valence-corrected chi connectivity index (χ0v) is 18.4. The van der Waals surface area contributed by atoms with Crippen LogP contribution in [0.2, 0.25) is 5.02 Å². The first-order valence-corrected chi connectivity index (χ1v) is 11.0. The van der Waals surface area contributed by atoms with Crippen LogP contribution in [0.15, 0.2) is 53.4 Å². The van der Waals surface area contributed by atoms with Gasteiger partial charge in [-0.3, -0.25) is 14.5 Å². The number of para-hydroxylation sites is 1. The first-order valence-electron chi connectivity index (χ1n) is 9.37. The predicted octanol–water partition coefficient (Wildman–Crippen LogP) is 5.26. The van der Waals surface area contributed by atoms with Gasteiger partial charge in [-0.05, 0) is 37.1 Å². The topological polar surface area (TPSA) is 40.6 Å². The molecule has 1 fully saturated rings. The lowest BCUT2D eigenvalue weighted by Gasteiger charge is -2.21. The normalized spacial score (nSPS) is 19.9. The average molecular weight is 443 g/mol. The van der Waals surface area contributed by atoms with Crippen LogP contribution in [-0.2, 0) is 16.1 Å². The number of carbonyl (C=O) groups excluding carboxylic acids is 2. The van der Waals surface area contributed by atoms with Gasteiger partial charge in [-0.1, -0.05) is 72.8 Å². The van der Waals surface area contributed by atoms with E-state index >= 15 is 0 Å². The largest absolute Gasteiger partial charge is 0.303 e. The maximum atomic E-state index is 13.4. The molecule has 0 aliphatic carbocycles. The molecule has 0 radical (unpaired) electrons. The van der Waals surface area contributed by atoms with Crippen molar-refractivity contribution in [1.82, 2.24) is 4.90 Å². The molecule has 2 heterocycles. The highest BCUT2D eigenvalue weighted by Crippen LogP contribution is 2.45. The quantitative estimate of drug-likeness (QED) is 0.478. The third-order valence-corrected chi connectivity index (χ3v) is 6.89. The number of rotatable bonds is 4. The van der Waals surface area contributed by atoms with Crippen LogP contribution >= 0.6 is 35.6 Å². The minimum atomic E-state index is -0.180. The predicted molar refractivity (Wildman–Crippen MR) is 123 cm³/mol. The van der Waals surface area contributed by atoms with E-state index in [4.69, 9.17) is 23.8 Å². The van der Waals surface area contributed by atoms with E-state index in [1.54, 1.807) is 9.80 Å². The number of fused-ring (bicyclic) bond motifs is 1. The first-order chi connectivity index (χ1) is 13.9. The number of nitrogens with zero attached hydrogens (tertiary/aromatic N) is 2. The summed E-state index contributed by atoms with van der Waals surface area (Å²) < 4.78 is 0.508. The molecule has 1 unspecified atom stereocenters. The van der Waals surface area contributed by atoms with E-state index in [9.17, 15) is 9.59 Å². The molecule has 2 amide bonds. The monoisotopic (exact) mass is 442 g/mol. The molecule has 0 bridgehead atoms. The Labute approximate surface area is 184 Å². The second-order valence-corrected chi connectivity index (χ2v) is 9.12. The molecule has 7 heteroatoms. The van der Waals surface area contributed by atoms with Crippen LogP contribution in [0.1, 0.15) is 31.4 Å². The summed E-state index contributed by atoms with van der Waals surface area (Å²) in [5.41, 5.74) is 2.98. The molecule has 1 saturated heterocycles. The van der Waals surface area contributed by atoms with Crippen molar-refractivity contribution in [3.8, 4) is 0 Å². The molecule has 0 saturated carbocycles. The average Bonchev–Trinajstić information content (AvgIpc) is 3.16. The van der Waals surface area contributed by atoms with Crippen molar-refractivity contribution in [2.24, 2.45) is 0 Å². The van der Waals surface area contributed by atoms with E-state index in [0.29, 0.717) is 26.4 Å². The highest BCUT2D eigenvalue weighted by molar-refractivity contribution is 8.26. The van der Waals surface area contributed by atoms with Gasteiger partial charge in [-0.2, -0.15) is 0 Å². The second kappa shape index (κ2) is 7.94. The van der Waals surface area contributed by atoms with Crippen LogP contribution < -0.4 is 4.90 Å². The fourth-order valence-corrected chi connectivity index (χ4v) is 5.18. The lowest BCUT2D eigenvalue weighted by Crippen LogP contribution is -2.36. The van der Waals surface area contributed by atoms with Crippen molar-refractivity contribution < 1.29 is 9.59 Å². The Morgan fingerprint density at radius 3 is 2.45 bits per heavy atom. The summed E-state index contributed by atoms with van der Waals surface area (Å²) in [6.45, 7) is 4.39. The zero-order valence-electron chi connectivity index (χ0n) is 16.0. The summed E-state index contributed by atoms with van der Waals surface area (Å²) in [5, 5.41) is 0.649. The molecule has 0 aromatic heterocycles. The highest BCUT2D eigenvalue weighted by atomic mass is 35.5. The van der Waals surface area contributed by atoms with Gasteiger partial charge in [0, 0.05) is 16.6 Å². The molecule has 4 rings (SSSR count). The van der Waals surface area contributed by atoms with E-state index in [1.807, 2.05) is 62.4 Å². The summed E-state index contributed by atoms with van der Waals surface area (Å²) in [4.78, 5) is 30.3. The van der Waals surface area contributed by atoms with Crippen molar-refractivity contribution in [2.75, 3.05) is 4.90 Å². The Hall–Kier alpha value is -2.15. The Morgan fingerprint density at radius 2 is 1.76 bits per heavy atom. The van der Waals surface area contributed by atoms with E-state index in [0.717, 1.165) is 23.2 Å². The van der Waals surface area contributed by atoms with Gasteiger partial charge in [-0.15, -0.1) is 0 Å². The molecule has 0 spiro atoms. The fraction of sp³-hybridized carbons (Fsp3) is 0.227. The van der Waals surface area contributed by atoms with Crippen LogP contribution in [-0.4, -0.2) is 27.1 Å². The number of anilines is 1. The molecular weight excluding hydrogens is 424 g/mol. The minimum absolute atomic E-state index is 0.00230. The van der Waals surface area contributed by atoms with Crippen LogP contribution in [0.4, 0.5) is 5.69 Å². The number of thiocarbonyl (C=S) groups is 1. The Bertz CT molecular complexity index is 1050. The van der Waals surface area contributed by atoms with Crippen molar-refractivity contribution in [2.45, 2.75) is 32.9 Å². The van der Waals surface area contributed by atoms with Gasteiger partial charge in [0.15, 0.2) is 0 Å². The van der Waals surface area contributed by atoms with Gasteiger partial charge >= 0.3 is 0 Å². The number of amides is 2. The van der Waals surface area contributed by atoms with Crippen LogP contribution in [0, 0.1) is 0 Å². The summed E-state index contributed by atoms with van der Waals surface area (Å²) in [6, 6.07) is 15.0. The number of thioether (sulfide) groups is 1. The Balaban J connectivity index is 1.77. The zero-order chi connectivity index (χ0) is 20.7.